The van der Waals surface area contributed by atoms with Crippen molar-refractivity contribution < 1.29 is 14.3 Å². The summed E-state index contributed by atoms with van der Waals surface area (Å²) < 4.78 is 13.6. The number of para-hydroxylation sites is 1. The van der Waals surface area contributed by atoms with Gasteiger partial charge in [-0.15, -0.1) is 0 Å². The topological polar surface area (TPSA) is 53.4 Å². The van der Waals surface area contributed by atoms with Crippen LogP contribution in [0.1, 0.15) is 10.4 Å². The molecular formula is C13H11FN2O2. The van der Waals surface area contributed by atoms with Crippen molar-refractivity contribution in [2.24, 2.45) is 0 Å². The molecule has 5 heteroatoms. The van der Waals surface area contributed by atoms with Gasteiger partial charge in [0.25, 0.3) is 0 Å². The number of carboxylic acids is 1. The minimum Gasteiger partial charge on any atom is -0.478 e. The van der Waals surface area contributed by atoms with E-state index < -0.39 is 5.97 Å². The van der Waals surface area contributed by atoms with Crippen molar-refractivity contribution in [1.29, 1.82) is 0 Å². The number of carbonyl (C=O) groups is 1. The number of hydrogen-bond acceptors (Lipinski definition) is 3. The zero-order valence-corrected chi connectivity index (χ0v) is 9.67. The predicted molar refractivity (Wildman–Crippen MR) is 65.7 cm³/mol. The molecule has 0 aliphatic heterocycles. The van der Waals surface area contributed by atoms with Gasteiger partial charge in [-0.3, -0.25) is 0 Å². The van der Waals surface area contributed by atoms with Crippen molar-refractivity contribution in [2.75, 3.05) is 11.9 Å². The van der Waals surface area contributed by atoms with E-state index in [-0.39, 0.29) is 11.4 Å². The van der Waals surface area contributed by atoms with E-state index in [2.05, 4.69) is 4.98 Å². The van der Waals surface area contributed by atoms with Crippen molar-refractivity contribution in [3.05, 3.63) is 54.0 Å². The molecule has 0 aliphatic carbocycles. The van der Waals surface area contributed by atoms with Crippen LogP contribution in [0.15, 0.2) is 42.6 Å². The summed E-state index contributed by atoms with van der Waals surface area (Å²) >= 11 is 0. The molecule has 0 saturated heterocycles. The molecule has 4 nitrogen and oxygen atoms in total. The van der Waals surface area contributed by atoms with Gasteiger partial charge in [0.15, 0.2) is 0 Å². The van der Waals surface area contributed by atoms with Gasteiger partial charge in [0.1, 0.15) is 11.6 Å². The molecule has 1 aromatic carbocycles. The summed E-state index contributed by atoms with van der Waals surface area (Å²) in [6.45, 7) is 0. The fourth-order valence-electron chi connectivity index (χ4n) is 1.58. The molecule has 0 aliphatic rings. The lowest BCUT2D eigenvalue weighted by molar-refractivity contribution is 0.0697. The molecule has 0 unspecified atom stereocenters. The maximum Gasteiger partial charge on any atom is 0.335 e. The van der Waals surface area contributed by atoms with Crippen LogP contribution in [0.3, 0.4) is 0 Å². The Balaban J connectivity index is 2.40. The van der Waals surface area contributed by atoms with E-state index in [1.807, 2.05) is 0 Å². The van der Waals surface area contributed by atoms with Gasteiger partial charge in [-0.25, -0.2) is 14.2 Å². The highest BCUT2D eigenvalue weighted by molar-refractivity contribution is 5.88. The van der Waals surface area contributed by atoms with Gasteiger partial charge in [-0.05, 0) is 24.3 Å². The van der Waals surface area contributed by atoms with Crippen LogP contribution in [0.25, 0.3) is 0 Å². The molecular weight excluding hydrogens is 235 g/mol. The third kappa shape index (κ3) is 2.29. The molecule has 0 amide bonds. The average Bonchev–Trinajstić information content (AvgIpc) is 2.38. The fraction of sp³-hybridized carbons (Fsp3) is 0.0769. The quantitative estimate of drug-likeness (QED) is 0.904. The highest BCUT2D eigenvalue weighted by atomic mass is 19.1. The Hall–Kier alpha value is -2.43. The second-order valence-corrected chi connectivity index (χ2v) is 3.72. The van der Waals surface area contributed by atoms with Crippen molar-refractivity contribution in [2.45, 2.75) is 0 Å². The van der Waals surface area contributed by atoms with Crippen LogP contribution in [-0.4, -0.2) is 23.1 Å². The van der Waals surface area contributed by atoms with Crippen LogP contribution in [-0.2, 0) is 0 Å². The number of anilines is 2. The third-order valence-corrected chi connectivity index (χ3v) is 2.55. The number of pyridine rings is 1. The van der Waals surface area contributed by atoms with Gasteiger partial charge in [-0.1, -0.05) is 12.1 Å². The highest BCUT2D eigenvalue weighted by Gasteiger charge is 2.11. The first-order valence-corrected chi connectivity index (χ1v) is 5.27. The van der Waals surface area contributed by atoms with Crippen LogP contribution >= 0.6 is 0 Å². The van der Waals surface area contributed by atoms with Gasteiger partial charge in [0.2, 0.25) is 0 Å². The molecule has 1 N–H and O–H groups in total. The maximum absolute atomic E-state index is 13.6. The number of nitrogens with zero attached hydrogens (tertiary/aromatic N) is 2. The number of aromatic nitrogens is 1. The lowest BCUT2D eigenvalue weighted by Crippen LogP contribution is -2.13. The van der Waals surface area contributed by atoms with E-state index in [9.17, 15) is 9.18 Å². The van der Waals surface area contributed by atoms with Crippen LogP contribution in [0, 0.1) is 5.82 Å². The summed E-state index contributed by atoms with van der Waals surface area (Å²) in [4.78, 5) is 16.4. The Morgan fingerprint density at radius 3 is 2.72 bits per heavy atom. The SMILES string of the molecule is CN(c1cc(C(=O)O)ccn1)c1ccccc1F. The summed E-state index contributed by atoms with van der Waals surface area (Å²) in [5.74, 6) is -1.05. The normalized spacial score (nSPS) is 10.1. The molecule has 0 atom stereocenters. The van der Waals surface area contributed by atoms with Gasteiger partial charge < -0.3 is 10.0 Å². The van der Waals surface area contributed by atoms with E-state index in [1.54, 1.807) is 25.2 Å². The van der Waals surface area contributed by atoms with Gasteiger partial charge in [0.05, 0.1) is 11.3 Å². The Kier molecular flexibility index (Phi) is 3.23. The van der Waals surface area contributed by atoms with E-state index in [0.717, 1.165) is 0 Å². The second-order valence-electron chi connectivity index (χ2n) is 3.72. The molecule has 1 heterocycles. The maximum atomic E-state index is 13.6. The minimum atomic E-state index is -1.04. The first-order valence-electron chi connectivity index (χ1n) is 5.27. The van der Waals surface area contributed by atoms with Gasteiger partial charge >= 0.3 is 5.97 Å². The summed E-state index contributed by atoms with van der Waals surface area (Å²) in [5, 5.41) is 8.90. The van der Waals surface area contributed by atoms with Gasteiger partial charge in [0, 0.05) is 13.2 Å². The van der Waals surface area contributed by atoms with Crippen LogP contribution < -0.4 is 4.90 Å². The molecule has 0 bridgehead atoms. The molecule has 2 aromatic rings. The predicted octanol–water partition coefficient (Wildman–Crippen LogP) is 2.69. The third-order valence-electron chi connectivity index (χ3n) is 2.55. The van der Waals surface area contributed by atoms with Crippen molar-refractivity contribution in [1.82, 2.24) is 4.98 Å². The molecule has 92 valence electrons. The number of carboxylic acid groups (broad SMARTS) is 1. The molecule has 0 fully saturated rings. The largest absolute Gasteiger partial charge is 0.478 e. The van der Waals surface area contributed by atoms with Crippen molar-refractivity contribution in [3.8, 4) is 0 Å². The molecule has 1 aromatic heterocycles. The Bertz CT molecular complexity index is 587. The van der Waals surface area contributed by atoms with Gasteiger partial charge in [-0.2, -0.15) is 0 Å². The molecule has 0 radical (unpaired) electrons. The Labute approximate surface area is 103 Å². The van der Waals surface area contributed by atoms with Crippen LogP contribution in [0.5, 0.6) is 0 Å². The lowest BCUT2D eigenvalue weighted by atomic mass is 10.2. The number of benzene rings is 1. The van der Waals surface area contributed by atoms with E-state index in [0.29, 0.717) is 11.5 Å². The second kappa shape index (κ2) is 4.83. The minimum absolute atomic E-state index is 0.114. The Morgan fingerprint density at radius 2 is 2.06 bits per heavy atom. The highest BCUT2D eigenvalue weighted by Crippen LogP contribution is 2.24. The van der Waals surface area contributed by atoms with Crippen molar-refractivity contribution in [3.63, 3.8) is 0 Å². The van der Waals surface area contributed by atoms with E-state index in [4.69, 9.17) is 5.11 Å². The van der Waals surface area contributed by atoms with Crippen molar-refractivity contribution >= 4 is 17.5 Å². The van der Waals surface area contributed by atoms with E-state index >= 15 is 0 Å². The standard InChI is InChI=1S/C13H11FN2O2/c1-16(11-5-3-2-4-10(11)14)12-8-9(13(17)18)6-7-15-12/h2-8H,1H3,(H,17,18). The fourth-order valence-corrected chi connectivity index (χ4v) is 1.58. The number of halogens is 1. The van der Waals surface area contributed by atoms with E-state index in [1.165, 1.54) is 29.3 Å². The first-order chi connectivity index (χ1) is 8.59. The number of hydrogen-bond donors (Lipinski definition) is 1. The first kappa shape index (κ1) is 12.0. The zero-order chi connectivity index (χ0) is 13.1. The molecule has 2 rings (SSSR count). The molecule has 18 heavy (non-hydrogen) atoms. The molecule has 0 saturated carbocycles. The number of rotatable bonds is 3. The molecule has 0 spiro atoms. The van der Waals surface area contributed by atoms with Crippen LogP contribution in [0.4, 0.5) is 15.9 Å². The summed E-state index contributed by atoms with van der Waals surface area (Å²) in [6.07, 6.45) is 1.39. The summed E-state index contributed by atoms with van der Waals surface area (Å²) in [6, 6.07) is 9.02. The van der Waals surface area contributed by atoms with Crippen LogP contribution in [0.2, 0.25) is 0 Å². The summed E-state index contributed by atoms with van der Waals surface area (Å²) in [5.41, 5.74) is 0.454. The summed E-state index contributed by atoms with van der Waals surface area (Å²) in [7, 11) is 1.63. The smallest absolute Gasteiger partial charge is 0.335 e. The monoisotopic (exact) mass is 246 g/mol. The average molecular weight is 246 g/mol. The number of aromatic carboxylic acids is 1. The zero-order valence-electron chi connectivity index (χ0n) is 9.67. The lowest BCUT2D eigenvalue weighted by Gasteiger charge is -2.18. The Morgan fingerprint density at radius 1 is 1.33 bits per heavy atom.